The van der Waals surface area contributed by atoms with E-state index in [2.05, 4.69) is 0 Å². The average Bonchev–Trinajstić information content (AvgIpc) is 3.68. The van der Waals surface area contributed by atoms with Crippen LogP contribution in [0, 0.1) is 0 Å². The lowest BCUT2D eigenvalue weighted by atomic mass is 9.81. The van der Waals surface area contributed by atoms with Crippen molar-refractivity contribution in [2.75, 3.05) is 30.9 Å². The molecule has 1 saturated heterocycles. The predicted molar refractivity (Wildman–Crippen MR) is 209 cm³/mol. The largest absolute Gasteiger partial charge is 0.361 e. The number of hydrogen-bond donors (Lipinski definition) is 2. The summed E-state index contributed by atoms with van der Waals surface area (Å²) in [5.41, 5.74) is 3.36. The van der Waals surface area contributed by atoms with Crippen LogP contribution in [0.5, 0.6) is 0 Å². The van der Waals surface area contributed by atoms with Gasteiger partial charge in [-0.15, -0.1) is 5.06 Å². The highest BCUT2D eigenvalue weighted by molar-refractivity contribution is 7.86. The molecule has 0 spiro atoms. The summed E-state index contributed by atoms with van der Waals surface area (Å²) in [6.07, 6.45) is 11.5. The molecular weight excluding hydrogens is 795 g/mol. The minimum absolute atomic E-state index is 0.0514. The lowest BCUT2D eigenvalue weighted by molar-refractivity contribution is -0.697. The monoisotopic (exact) mass is 840 g/mol. The van der Waals surface area contributed by atoms with Gasteiger partial charge < -0.3 is 9.74 Å². The van der Waals surface area contributed by atoms with Crippen LogP contribution >= 0.6 is 0 Å². The van der Waals surface area contributed by atoms with Crippen molar-refractivity contribution in [1.29, 1.82) is 0 Å². The molecule has 0 aliphatic carbocycles. The van der Waals surface area contributed by atoms with Crippen LogP contribution in [0.15, 0.2) is 70.2 Å². The standard InChI is InChI=1S/C39H45N5O12S2/c1-38(2)28-23-26(37(48)41(5)55-24-35(47)56-44-33(45)17-18-34(44)46)29-12-9-10-19-43(29)36(28)40-31(38)13-7-6-8-14-32-39(3,4)27-22-25(58(52,53)54)15-16-30(27)42(32)20-11-21-57(49,50)51/h6-8,13-16,22-23H,9-12,17-21,24H2,1-5H3,(H-,49,50,51,52,53,54)/p+1. The molecule has 0 saturated carbocycles. The number of carbonyl (C=O) groups excluding carboxylic acids is 4. The molecule has 6 rings (SSSR count). The van der Waals surface area contributed by atoms with Crippen LogP contribution in [0.25, 0.3) is 0 Å². The molecule has 17 nitrogen and oxygen atoms in total. The zero-order valence-corrected chi connectivity index (χ0v) is 34.4. The van der Waals surface area contributed by atoms with Crippen LogP contribution in [0.2, 0.25) is 0 Å². The first-order chi connectivity index (χ1) is 27.1. The Morgan fingerprint density at radius 2 is 1.66 bits per heavy atom. The van der Waals surface area contributed by atoms with Crippen molar-refractivity contribution < 1.29 is 59.4 Å². The second-order valence-electron chi connectivity index (χ2n) is 15.5. The lowest BCUT2D eigenvalue weighted by Crippen LogP contribution is -2.45. The topological polar surface area (TPSA) is 221 Å². The number of aromatic nitrogens is 1. The van der Waals surface area contributed by atoms with Crippen molar-refractivity contribution in [3.8, 4) is 0 Å². The normalized spacial score (nSPS) is 19.2. The van der Waals surface area contributed by atoms with E-state index in [0.29, 0.717) is 34.8 Å². The molecule has 2 N–H and O–H groups in total. The number of hydrogen-bond acceptors (Lipinski definition) is 12. The summed E-state index contributed by atoms with van der Waals surface area (Å²) >= 11 is 0. The molecule has 2 aromatic rings. The van der Waals surface area contributed by atoms with Gasteiger partial charge in [-0.3, -0.25) is 28.3 Å². The first-order valence-electron chi connectivity index (χ1n) is 18.7. The average molecular weight is 841 g/mol. The number of fused-ring (bicyclic) bond motifs is 4. The number of benzene rings is 1. The van der Waals surface area contributed by atoms with Crippen LogP contribution < -0.4 is 9.47 Å². The molecule has 1 aromatic heterocycles. The van der Waals surface area contributed by atoms with Gasteiger partial charge in [0, 0.05) is 49.7 Å². The Labute approximate surface area is 336 Å². The Bertz CT molecular complexity index is 2420. The number of rotatable bonds is 13. The van der Waals surface area contributed by atoms with Gasteiger partial charge in [-0.25, -0.2) is 14.4 Å². The van der Waals surface area contributed by atoms with E-state index in [9.17, 15) is 45.1 Å². The third kappa shape index (κ3) is 8.54. The van der Waals surface area contributed by atoms with Crippen LogP contribution in [0.1, 0.15) is 87.0 Å². The number of allylic oxidation sites excluding steroid dienone is 6. The molecule has 0 unspecified atom stereocenters. The number of anilines is 1. The van der Waals surface area contributed by atoms with Gasteiger partial charge in [-0.2, -0.15) is 16.8 Å². The molecule has 19 heteroatoms. The van der Waals surface area contributed by atoms with Crippen molar-refractivity contribution >= 4 is 61.1 Å². The number of amides is 3. The summed E-state index contributed by atoms with van der Waals surface area (Å²) in [5, 5.41) is 1.35. The van der Waals surface area contributed by atoms with Crippen LogP contribution in [0.3, 0.4) is 0 Å². The van der Waals surface area contributed by atoms with Gasteiger partial charge in [-0.1, -0.05) is 32.1 Å². The molecule has 5 heterocycles. The summed E-state index contributed by atoms with van der Waals surface area (Å²) in [7, 11) is -7.32. The van der Waals surface area contributed by atoms with Gasteiger partial charge >= 0.3 is 11.8 Å². The van der Waals surface area contributed by atoms with E-state index >= 15 is 0 Å². The first kappa shape index (κ1) is 42.5. The van der Waals surface area contributed by atoms with E-state index in [1.807, 2.05) is 61.5 Å². The van der Waals surface area contributed by atoms with E-state index in [-0.39, 0.29) is 30.7 Å². The van der Waals surface area contributed by atoms with Crippen LogP contribution in [0.4, 0.5) is 11.5 Å². The summed E-state index contributed by atoms with van der Waals surface area (Å²) in [6, 6.07) is 6.07. The van der Waals surface area contributed by atoms with Crippen molar-refractivity contribution in [3.05, 3.63) is 82.7 Å². The second kappa shape index (κ2) is 15.9. The molecule has 1 aromatic carbocycles. The highest BCUT2D eigenvalue weighted by atomic mass is 32.2. The number of nitrogens with zero attached hydrogens (tertiary/aromatic N) is 5. The molecule has 0 atom stereocenters. The van der Waals surface area contributed by atoms with Crippen molar-refractivity contribution in [1.82, 2.24) is 10.1 Å². The Kier molecular flexibility index (Phi) is 11.7. The molecule has 4 aliphatic heterocycles. The summed E-state index contributed by atoms with van der Waals surface area (Å²) in [4.78, 5) is 66.6. The van der Waals surface area contributed by atoms with Gasteiger partial charge in [0.05, 0.1) is 33.7 Å². The van der Waals surface area contributed by atoms with Crippen molar-refractivity contribution in [3.63, 3.8) is 0 Å². The summed E-state index contributed by atoms with van der Waals surface area (Å²) in [6.45, 7) is 7.92. The zero-order valence-electron chi connectivity index (χ0n) is 32.8. The quantitative estimate of drug-likeness (QED) is 0.0969. The Hall–Kier alpha value is -5.08. The maximum atomic E-state index is 13.8. The van der Waals surface area contributed by atoms with Crippen molar-refractivity contribution in [2.24, 2.45) is 4.99 Å². The van der Waals surface area contributed by atoms with Crippen LogP contribution in [-0.2, 0) is 68.1 Å². The Balaban J connectivity index is 1.21. The summed E-state index contributed by atoms with van der Waals surface area (Å²) in [5.74, 6) is -2.48. The lowest BCUT2D eigenvalue weighted by Gasteiger charge is -2.27. The van der Waals surface area contributed by atoms with Gasteiger partial charge in [-0.05, 0) is 80.1 Å². The van der Waals surface area contributed by atoms with Gasteiger partial charge in [0.1, 0.15) is 5.69 Å². The Morgan fingerprint density at radius 1 is 0.948 bits per heavy atom. The first-order valence-corrected chi connectivity index (χ1v) is 21.7. The fourth-order valence-electron chi connectivity index (χ4n) is 7.67. The summed E-state index contributed by atoms with van der Waals surface area (Å²) < 4.78 is 68.0. The minimum atomic E-state index is -4.48. The van der Waals surface area contributed by atoms with Gasteiger partial charge in [0.2, 0.25) is 0 Å². The third-order valence-electron chi connectivity index (χ3n) is 10.8. The van der Waals surface area contributed by atoms with Crippen LogP contribution in [-0.4, -0.2) is 91.4 Å². The highest BCUT2D eigenvalue weighted by Gasteiger charge is 2.45. The molecule has 310 valence electrons. The second-order valence-corrected chi connectivity index (χ2v) is 18.5. The molecule has 3 amide bonds. The maximum Gasteiger partial charge on any atom is 0.361 e. The molecule has 58 heavy (non-hydrogen) atoms. The van der Waals surface area contributed by atoms with Gasteiger partial charge in [0.25, 0.3) is 38.0 Å². The molecule has 0 bridgehead atoms. The Morgan fingerprint density at radius 3 is 2.33 bits per heavy atom. The SMILES string of the molecule is CN(OCC(=O)ON1C(=O)CCC1=O)C(=O)c1cc2c([n+]3c1CCCC3)N=C(/C=C/C=C/C=C1/N(CCCS(=O)(=O)O)c3ccc(S(=O)(=O)O)cc3C1(C)C)C2(C)C. The number of imide groups is 1. The van der Waals surface area contributed by atoms with E-state index in [4.69, 9.17) is 14.7 Å². The van der Waals surface area contributed by atoms with E-state index in [1.54, 1.807) is 18.2 Å². The fraction of sp³-hybridized carbons (Fsp3) is 0.436. The molecule has 1 fully saturated rings. The van der Waals surface area contributed by atoms with E-state index < -0.39 is 67.1 Å². The third-order valence-corrected chi connectivity index (χ3v) is 12.4. The smallest absolute Gasteiger partial charge is 0.344 e. The highest BCUT2D eigenvalue weighted by Crippen LogP contribution is 2.48. The van der Waals surface area contributed by atoms with Gasteiger partial charge in [0.15, 0.2) is 12.3 Å². The number of carbonyl (C=O) groups is 4. The minimum Gasteiger partial charge on any atom is -0.344 e. The number of pyridine rings is 1. The number of hydroxylamine groups is 4. The van der Waals surface area contributed by atoms with E-state index in [0.717, 1.165) is 46.4 Å². The zero-order chi connectivity index (χ0) is 42.4. The maximum absolute atomic E-state index is 13.8. The van der Waals surface area contributed by atoms with Crippen molar-refractivity contribution in [2.45, 2.75) is 88.5 Å². The fourth-order valence-corrected chi connectivity index (χ4v) is 8.67. The van der Waals surface area contributed by atoms with E-state index in [1.165, 1.54) is 19.2 Å². The predicted octanol–water partition coefficient (Wildman–Crippen LogP) is 3.60. The number of aliphatic imine (C=N–C) groups is 1. The molecule has 0 radical (unpaired) electrons. The molecule has 4 aliphatic rings. The molecular formula is C39H46N5O12S2+.